The van der Waals surface area contributed by atoms with Crippen molar-refractivity contribution in [1.82, 2.24) is 0 Å². The average molecular weight is 732 g/mol. The molecule has 1 saturated heterocycles. The van der Waals surface area contributed by atoms with Crippen LogP contribution in [0.25, 0.3) is 22.3 Å². The van der Waals surface area contributed by atoms with Gasteiger partial charge in [-0.3, -0.25) is 9.59 Å². The van der Waals surface area contributed by atoms with Crippen LogP contribution < -0.4 is 25.0 Å². The Balaban J connectivity index is 1.12. The summed E-state index contributed by atoms with van der Waals surface area (Å²) in [5, 5.41) is 57.0. The molecular weight excluding hydrogens is 698 g/mol. The van der Waals surface area contributed by atoms with E-state index >= 15 is 0 Å². The zero-order chi connectivity index (χ0) is 37.6. The van der Waals surface area contributed by atoms with Gasteiger partial charge < -0.3 is 54.2 Å². The highest BCUT2D eigenvalue weighted by Crippen LogP contribution is 2.59. The lowest BCUT2D eigenvalue weighted by molar-refractivity contribution is -0.487. The molecule has 0 radical (unpaired) electrons. The summed E-state index contributed by atoms with van der Waals surface area (Å²) in [6.07, 6.45) is -5.57. The molecule has 1 aromatic heterocycles. The minimum atomic E-state index is -2.50. The molecule has 1 aliphatic carbocycles. The molecule has 1 saturated carbocycles. The third kappa shape index (κ3) is 5.67. The van der Waals surface area contributed by atoms with Gasteiger partial charge in [0, 0.05) is 17.7 Å². The largest absolute Gasteiger partial charge is 0.506 e. The van der Waals surface area contributed by atoms with E-state index in [1.54, 1.807) is 54.6 Å². The number of hydrogen-bond donors (Lipinski definition) is 6. The van der Waals surface area contributed by atoms with Gasteiger partial charge >= 0.3 is 0 Å². The van der Waals surface area contributed by atoms with Crippen LogP contribution in [0.2, 0.25) is 0 Å². The number of phenols is 2. The Kier molecular flexibility index (Phi) is 8.71. The van der Waals surface area contributed by atoms with Gasteiger partial charge in [0.15, 0.2) is 22.5 Å². The number of aliphatic hydroxyl groups excluding tert-OH is 2. The van der Waals surface area contributed by atoms with E-state index in [0.29, 0.717) is 23.5 Å². The molecular formula is C41H33NO12. The summed E-state index contributed by atoms with van der Waals surface area (Å²) in [4.78, 5) is 27.0. The number of ether oxygens (including phenoxy) is 4. The Morgan fingerprint density at radius 1 is 0.778 bits per heavy atom. The van der Waals surface area contributed by atoms with Gasteiger partial charge in [-0.15, -0.1) is 0 Å². The summed E-state index contributed by atoms with van der Waals surface area (Å²) in [6, 6.07) is 33.7. The third-order valence-electron chi connectivity index (χ3n) is 9.66. The number of anilines is 1. The average Bonchev–Trinajstić information content (AvgIpc) is 3.19. The third-order valence-corrected chi connectivity index (χ3v) is 9.66. The lowest BCUT2D eigenvalue weighted by Crippen LogP contribution is -2.98. The summed E-state index contributed by atoms with van der Waals surface area (Å²) < 4.78 is 29.7. The fourth-order valence-electron chi connectivity index (χ4n) is 6.71. The standard InChI is InChI=1S/C41H33NO12/c43-28-14-8-7-13-27(28)42-38(48)41-37(47)36(46)40(41,49)39(54-41)53-32-20-31-33(34(45)35(32)51-22-24-11-5-2-6-12-24)29(44)19-30(52-31)25-15-17-26(18-16-25)50-21-23-9-3-1-4-10-23/h1-20,36-37,39,43,45-47,49H,21-22H2,(H,42,48). The van der Waals surface area contributed by atoms with Crippen molar-refractivity contribution in [2.24, 2.45) is 0 Å². The summed E-state index contributed by atoms with van der Waals surface area (Å²) in [5.74, 6) is -1.82. The van der Waals surface area contributed by atoms with E-state index in [1.165, 1.54) is 30.3 Å². The van der Waals surface area contributed by atoms with Crippen LogP contribution in [0, 0.1) is 0 Å². The Morgan fingerprint density at radius 3 is 2.07 bits per heavy atom. The van der Waals surface area contributed by atoms with Gasteiger partial charge in [-0.25, -0.2) is 0 Å². The predicted octanol–water partition coefficient (Wildman–Crippen LogP) is 4.61. The van der Waals surface area contributed by atoms with E-state index < -0.39 is 46.8 Å². The molecule has 0 spiro atoms. The highest BCUT2D eigenvalue weighted by atomic mass is 16.8. The minimum absolute atomic E-state index is 0.0305. The number of rotatable bonds is 11. The number of fused-ring (bicyclic) bond motifs is 2. The molecule has 6 aromatic rings. The maximum atomic E-state index is 13.5. The first kappa shape index (κ1) is 34.7. The molecule has 6 N–H and O–H groups in total. The van der Waals surface area contributed by atoms with Crippen molar-refractivity contribution in [2.45, 2.75) is 42.9 Å². The molecule has 13 nitrogen and oxygen atoms in total. The Morgan fingerprint density at radius 2 is 1.41 bits per heavy atom. The van der Waals surface area contributed by atoms with Crippen molar-refractivity contribution in [1.29, 1.82) is 0 Å². The van der Waals surface area contributed by atoms with Crippen molar-refractivity contribution in [3.63, 3.8) is 0 Å². The lowest BCUT2D eigenvalue weighted by Gasteiger charge is -2.69. The quantitative estimate of drug-likeness (QED) is 0.101. The summed E-state index contributed by atoms with van der Waals surface area (Å²) in [5.41, 5.74) is -3.41. The maximum absolute atomic E-state index is 13.5. The molecule has 8 rings (SSSR count). The monoisotopic (exact) mass is 731 g/mol. The van der Waals surface area contributed by atoms with Gasteiger partial charge in [0.1, 0.15) is 53.7 Å². The number of amides is 1. The molecule has 54 heavy (non-hydrogen) atoms. The normalized spacial score (nSPS) is 22.7. The van der Waals surface area contributed by atoms with Crippen LogP contribution in [-0.2, 0) is 22.7 Å². The number of aromatic hydroxyl groups is 2. The minimum Gasteiger partial charge on any atom is -0.506 e. The fraction of sp³-hybridized carbons (Fsp3) is 0.171. The van der Waals surface area contributed by atoms with Crippen LogP contribution >= 0.6 is 0 Å². The zero-order valence-electron chi connectivity index (χ0n) is 28.3. The van der Waals surface area contributed by atoms with Gasteiger partial charge in [0.2, 0.25) is 17.6 Å². The molecule has 5 unspecified atom stereocenters. The highest BCUT2D eigenvalue weighted by Gasteiger charge is 2.89. The van der Waals surface area contributed by atoms with Gasteiger partial charge in [-0.1, -0.05) is 72.8 Å². The molecule has 2 aliphatic rings. The molecule has 5 aromatic carbocycles. The molecule has 0 bridgehead atoms. The Bertz CT molecular complexity index is 2400. The topological polar surface area (TPSA) is 197 Å². The van der Waals surface area contributed by atoms with Crippen LogP contribution in [0.15, 0.2) is 131 Å². The number of carbonyl (C=O) groups excluding carboxylic acids is 1. The molecule has 1 aliphatic heterocycles. The van der Waals surface area contributed by atoms with Crippen molar-refractivity contribution >= 4 is 22.6 Å². The molecule has 13 heteroatoms. The van der Waals surface area contributed by atoms with Crippen molar-refractivity contribution < 1.29 is 53.7 Å². The first-order valence-electron chi connectivity index (χ1n) is 16.9. The maximum Gasteiger partial charge on any atom is 0.263 e. The number of phenolic OH excluding ortho intramolecular Hbond substituents is 2. The Labute approximate surface area is 306 Å². The summed E-state index contributed by atoms with van der Waals surface area (Å²) in [7, 11) is 0. The van der Waals surface area contributed by atoms with Crippen LogP contribution in [0.1, 0.15) is 11.1 Å². The van der Waals surface area contributed by atoms with E-state index in [4.69, 9.17) is 23.4 Å². The molecule has 2 fully saturated rings. The summed E-state index contributed by atoms with van der Waals surface area (Å²) in [6.45, 7) is 0.280. The van der Waals surface area contributed by atoms with E-state index in [-0.39, 0.29) is 46.3 Å². The number of carbonyl (C=O) groups is 1. The fourth-order valence-corrected chi connectivity index (χ4v) is 6.71. The molecule has 5 atom stereocenters. The number of nitrogens with one attached hydrogen (secondary N) is 1. The highest BCUT2D eigenvalue weighted by molar-refractivity contribution is 6.02. The van der Waals surface area contributed by atoms with Gasteiger partial charge in [-0.05, 0) is 47.5 Å². The van der Waals surface area contributed by atoms with Crippen LogP contribution in [-0.4, -0.2) is 61.1 Å². The second-order valence-corrected chi connectivity index (χ2v) is 13.0. The van der Waals surface area contributed by atoms with Crippen LogP contribution in [0.3, 0.4) is 0 Å². The number of aliphatic hydroxyl groups is 3. The van der Waals surface area contributed by atoms with E-state index in [0.717, 1.165) is 5.56 Å². The lowest BCUT2D eigenvalue weighted by atomic mass is 9.55. The SMILES string of the molecule is O=C(Nc1ccccc1O)C12OC(Oc3cc4oc(-c5ccc(OCc6ccccc6)cc5)cc(=O)c4c(O)c3OCc3ccccc3)C1(O)C(O)C2O. The Hall–Kier alpha value is -6.38. The zero-order valence-corrected chi connectivity index (χ0v) is 28.3. The van der Waals surface area contributed by atoms with Crippen molar-refractivity contribution in [3.8, 4) is 40.1 Å². The van der Waals surface area contributed by atoms with E-state index in [1.807, 2.05) is 36.4 Å². The number of para-hydroxylation sites is 2. The smallest absolute Gasteiger partial charge is 0.263 e. The number of hydrogen-bond acceptors (Lipinski definition) is 12. The number of benzene rings is 5. The second kappa shape index (κ2) is 13.5. The molecule has 274 valence electrons. The molecule has 1 amide bonds. The van der Waals surface area contributed by atoms with Crippen molar-refractivity contribution in [3.05, 3.63) is 143 Å². The van der Waals surface area contributed by atoms with Crippen LogP contribution in [0.5, 0.6) is 28.7 Å². The van der Waals surface area contributed by atoms with Crippen LogP contribution in [0.4, 0.5) is 5.69 Å². The molecule has 2 heterocycles. The first-order valence-corrected chi connectivity index (χ1v) is 16.9. The first-order chi connectivity index (χ1) is 26.1. The summed E-state index contributed by atoms with van der Waals surface area (Å²) >= 11 is 0. The van der Waals surface area contributed by atoms with Gasteiger partial charge in [0.25, 0.3) is 5.91 Å². The van der Waals surface area contributed by atoms with E-state index in [9.17, 15) is 35.1 Å². The van der Waals surface area contributed by atoms with Gasteiger partial charge in [-0.2, -0.15) is 0 Å². The van der Waals surface area contributed by atoms with Crippen molar-refractivity contribution in [2.75, 3.05) is 5.32 Å². The predicted molar refractivity (Wildman–Crippen MR) is 193 cm³/mol. The van der Waals surface area contributed by atoms with E-state index in [2.05, 4.69) is 5.32 Å². The van der Waals surface area contributed by atoms with Gasteiger partial charge in [0.05, 0.1) is 5.69 Å². The second-order valence-electron chi connectivity index (χ2n) is 13.0.